The molecule has 0 saturated heterocycles. The molecule has 0 heterocycles. The highest BCUT2D eigenvalue weighted by Gasteiger charge is 1.95. The second-order valence-corrected chi connectivity index (χ2v) is 4.83. The second kappa shape index (κ2) is 7.91. The molecule has 0 aliphatic carbocycles. The van der Waals surface area contributed by atoms with Gasteiger partial charge in [-0.05, 0) is 35.2 Å². The molecular formula is C19H19NO. The van der Waals surface area contributed by atoms with Gasteiger partial charge in [-0.1, -0.05) is 55.5 Å². The van der Waals surface area contributed by atoms with Gasteiger partial charge in [0.15, 0.2) is 0 Å². The van der Waals surface area contributed by atoms with Crippen LogP contribution in [0.4, 0.5) is 0 Å². The average Bonchev–Trinajstić information content (AvgIpc) is 2.52. The Hall–Kier alpha value is -2.53. The third kappa shape index (κ3) is 4.81. The van der Waals surface area contributed by atoms with Gasteiger partial charge in [-0.25, -0.2) is 0 Å². The first-order valence-corrected chi connectivity index (χ1v) is 7.18. The van der Waals surface area contributed by atoms with Gasteiger partial charge in [0.05, 0.1) is 19.1 Å². The van der Waals surface area contributed by atoms with Gasteiger partial charge in [0, 0.05) is 0 Å². The molecule has 2 rings (SSSR count). The Kier molecular flexibility index (Phi) is 5.60. The molecule has 0 aliphatic rings. The highest BCUT2D eigenvalue weighted by molar-refractivity contribution is 5.70. The van der Waals surface area contributed by atoms with Crippen molar-refractivity contribution in [3.63, 3.8) is 0 Å². The predicted octanol–water partition coefficient (Wildman–Crippen LogP) is 4.71. The summed E-state index contributed by atoms with van der Waals surface area (Å²) in [5.41, 5.74) is 3.25. The Morgan fingerprint density at radius 1 is 1.05 bits per heavy atom. The van der Waals surface area contributed by atoms with Crippen molar-refractivity contribution in [3.8, 4) is 11.8 Å². The molecule has 0 fully saturated rings. The van der Waals surface area contributed by atoms with Gasteiger partial charge in [-0.2, -0.15) is 5.26 Å². The first-order chi connectivity index (χ1) is 10.3. The first-order valence-electron chi connectivity index (χ1n) is 7.18. The molecule has 0 spiro atoms. The van der Waals surface area contributed by atoms with Crippen molar-refractivity contribution >= 4 is 12.2 Å². The van der Waals surface area contributed by atoms with Crippen LogP contribution in [0.5, 0.6) is 5.75 Å². The van der Waals surface area contributed by atoms with Gasteiger partial charge in [0.1, 0.15) is 5.75 Å². The van der Waals surface area contributed by atoms with Crippen molar-refractivity contribution in [1.29, 1.82) is 5.26 Å². The van der Waals surface area contributed by atoms with Crippen molar-refractivity contribution in [2.24, 2.45) is 0 Å². The molecule has 2 aromatic rings. The van der Waals surface area contributed by atoms with E-state index in [-0.39, 0.29) is 0 Å². The number of hydrogen-bond donors (Lipinski definition) is 0. The minimum atomic E-state index is 0.446. The van der Waals surface area contributed by atoms with E-state index in [0.717, 1.165) is 35.5 Å². The molecule has 0 amide bonds. The summed E-state index contributed by atoms with van der Waals surface area (Å²) >= 11 is 0. The molecule has 0 unspecified atom stereocenters. The molecule has 0 saturated carbocycles. The number of hydrogen-bond acceptors (Lipinski definition) is 2. The van der Waals surface area contributed by atoms with Gasteiger partial charge < -0.3 is 4.74 Å². The quantitative estimate of drug-likeness (QED) is 0.716. The van der Waals surface area contributed by atoms with E-state index in [4.69, 9.17) is 10.00 Å². The van der Waals surface area contributed by atoms with Crippen LogP contribution in [-0.2, 0) is 6.42 Å². The Morgan fingerprint density at radius 3 is 2.48 bits per heavy atom. The van der Waals surface area contributed by atoms with E-state index < -0.39 is 0 Å². The zero-order valence-electron chi connectivity index (χ0n) is 12.3. The molecule has 0 aliphatic heterocycles. The first kappa shape index (κ1) is 14.9. The van der Waals surface area contributed by atoms with E-state index in [9.17, 15) is 0 Å². The maximum absolute atomic E-state index is 8.74. The maximum atomic E-state index is 8.74. The number of rotatable bonds is 6. The van der Waals surface area contributed by atoms with Crippen molar-refractivity contribution in [3.05, 3.63) is 65.2 Å². The number of nitriles is 1. The van der Waals surface area contributed by atoms with E-state index in [2.05, 4.69) is 31.2 Å². The summed E-state index contributed by atoms with van der Waals surface area (Å²) in [5, 5.41) is 8.74. The highest BCUT2D eigenvalue weighted by atomic mass is 16.5. The molecule has 106 valence electrons. The van der Waals surface area contributed by atoms with Crippen LogP contribution in [0, 0.1) is 11.3 Å². The van der Waals surface area contributed by atoms with Crippen LogP contribution in [0.2, 0.25) is 0 Å². The van der Waals surface area contributed by atoms with Crippen molar-refractivity contribution in [2.45, 2.75) is 19.8 Å². The Balaban J connectivity index is 2.10. The molecule has 0 bridgehead atoms. The molecule has 2 aromatic carbocycles. The Bertz CT molecular complexity index is 653. The minimum Gasteiger partial charge on any atom is -0.494 e. The molecule has 0 N–H and O–H groups in total. The largest absolute Gasteiger partial charge is 0.494 e. The molecule has 21 heavy (non-hydrogen) atoms. The third-order valence-electron chi connectivity index (χ3n) is 3.03. The van der Waals surface area contributed by atoms with Crippen molar-refractivity contribution in [2.75, 3.05) is 6.61 Å². The van der Waals surface area contributed by atoms with Crippen molar-refractivity contribution < 1.29 is 4.74 Å². The van der Waals surface area contributed by atoms with Gasteiger partial charge in [-0.3, -0.25) is 0 Å². The lowest BCUT2D eigenvalue weighted by Crippen LogP contribution is -1.94. The summed E-state index contributed by atoms with van der Waals surface area (Å²) < 4.78 is 5.63. The van der Waals surface area contributed by atoms with Crippen LogP contribution < -0.4 is 4.74 Å². The summed E-state index contributed by atoms with van der Waals surface area (Å²) in [6.45, 7) is 2.83. The van der Waals surface area contributed by atoms with E-state index in [1.807, 2.05) is 42.5 Å². The normalized spacial score (nSPS) is 10.5. The van der Waals surface area contributed by atoms with Crippen LogP contribution in [0.15, 0.2) is 48.5 Å². The average molecular weight is 277 g/mol. The summed E-state index contributed by atoms with van der Waals surface area (Å²) in [6.07, 6.45) is 5.57. The van der Waals surface area contributed by atoms with Gasteiger partial charge in [-0.15, -0.1) is 0 Å². The van der Waals surface area contributed by atoms with E-state index in [1.54, 1.807) is 0 Å². The van der Waals surface area contributed by atoms with Crippen LogP contribution in [0.1, 0.15) is 30.0 Å². The lowest BCUT2D eigenvalue weighted by atomic mass is 10.1. The van der Waals surface area contributed by atoms with E-state index in [0.29, 0.717) is 6.42 Å². The monoisotopic (exact) mass is 277 g/mol. The van der Waals surface area contributed by atoms with Crippen LogP contribution in [0.3, 0.4) is 0 Å². The van der Waals surface area contributed by atoms with E-state index >= 15 is 0 Å². The molecule has 0 radical (unpaired) electrons. The van der Waals surface area contributed by atoms with Gasteiger partial charge >= 0.3 is 0 Å². The predicted molar refractivity (Wildman–Crippen MR) is 86.9 cm³/mol. The smallest absolute Gasteiger partial charge is 0.119 e. The Labute approximate surface area is 126 Å². The summed E-state index contributed by atoms with van der Waals surface area (Å²) in [5.74, 6) is 0.900. The zero-order valence-corrected chi connectivity index (χ0v) is 12.3. The lowest BCUT2D eigenvalue weighted by molar-refractivity contribution is 0.317. The molecule has 0 atom stereocenters. The summed E-state index contributed by atoms with van der Waals surface area (Å²) in [6, 6.07) is 18.3. The third-order valence-corrected chi connectivity index (χ3v) is 3.03. The molecular weight excluding hydrogens is 258 g/mol. The molecule has 0 aromatic heterocycles. The fourth-order valence-corrected chi connectivity index (χ4v) is 2.02. The summed E-state index contributed by atoms with van der Waals surface area (Å²) in [7, 11) is 0. The zero-order chi connectivity index (χ0) is 14.9. The SMILES string of the molecule is CCCOc1cccc(/C=C/c2cccc(CC#N)c2)c1. The second-order valence-electron chi connectivity index (χ2n) is 4.83. The number of nitrogens with zero attached hydrogens (tertiary/aromatic N) is 1. The van der Waals surface area contributed by atoms with Crippen LogP contribution in [-0.4, -0.2) is 6.61 Å². The van der Waals surface area contributed by atoms with Crippen molar-refractivity contribution in [1.82, 2.24) is 0 Å². The topological polar surface area (TPSA) is 33.0 Å². The number of ether oxygens (including phenoxy) is 1. The lowest BCUT2D eigenvalue weighted by Gasteiger charge is -2.04. The van der Waals surface area contributed by atoms with Gasteiger partial charge in [0.25, 0.3) is 0 Å². The number of benzene rings is 2. The fourth-order valence-electron chi connectivity index (χ4n) is 2.02. The Morgan fingerprint density at radius 2 is 1.76 bits per heavy atom. The standard InChI is InChI=1S/C19H19NO/c1-2-13-21-19-8-4-7-17(15-19)10-9-16-5-3-6-18(14-16)11-12-20/h3-10,14-15H,2,11,13H2,1H3/b10-9+. The van der Waals surface area contributed by atoms with Crippen LogP contribution >= 0.6 is 0 Å². The fraction of sp³-hybridized carbons (Fsp3) is 0.211. The van der Waals surface area contributed by atoms with Crippen LogP contribution in [0.25, 0.3) is 12.2 Å². The molecule has 2 nitrogen and oxygen atoms in total. The maximum Gasteiger partial charge on any atom is 0.119 e. The summed E-state index contributed by atoms with van der Waals surface area (Å²) in [4.78, 5) is 0. The highest BCUT2D eigenvalue weighted by Crippen LogP contribution is 2.16. The van der Waals surface area contributed by atoms with Gasteiger partial charge in [0.2, 0.25) is 0 Å². The molecule has 2 heteroatoms. The van der Waals surface area contributed by atoms with E-state index in [1.165, 1.54) is 0 Å². The minimum absolute atomic E-state index is 0.446.